The summed E-state index contributed by atoms with van der Waals surface area (Å²) in [4.78, 5) is 29.6. The lowest BCUT2D eigenvalue weighted by molar-refractivity contribution is -0.134. The summed E-state index contributed by atoms with van der Waals surface area (Å²) in [5.41, 5.74) is 3.25. The van der Waals surface area contributed by atoms with Crippen LogP contribution in [0.4, 0.5) is 5.69 Å². The van der Waals surface area contributed by atoms with Gasteiger partial charge in [0.15, 0.2) is 0 Å². The van der Waals surface area contributed by atoms with Crippen LogP contribution in [0.5, 0.6) is 0 Å². The highest BCUT2D eigenvalue weighted by atomic mass is 16.2. The first-order valence-electron chi connectivity index (χ1n) is 11.5. The van der Waals surface area contributed by atoms with Crippen molar-refractivity contribution in [3.8, 4) is 0 Å². The average molecular weight is 422 g/mol. The Balaban J connectivity index is 1.45. The lowest BCUT2D eigenvalue weighted by Gasteiger charge is -2.31. The van der Waals surface area contributed by atoms with Gasteiger partial charge in [-0.3, -0.25) is 14.5 Å². The molecule has 1 N–H and O–H groups in total. The zero-order valence-electron chi connectivity index (χ0n) is 18.8. The smallest absolute Gasteiger partial charge is 0.227 e. The third-order valence-electron chi connectivity index (χ3n) is 6.18. The van der Waals surface area contributed by atoms with Crippen LogP contribution in [0.25, 0.3) is 0 Å². The van der Waals surface area contributed by atoms with Gasteiger partial charge in [-0.25, -0.2) is 0 Å². The molecule has 0 atom stereocenters. The van der Waals surface area contributed by atoms with Crippen LogP contribution in [0, 0.1) is 5.92 Å². The van der Waals surface area contributed by atoms with E-state index >= 15 is 0 Å². The average Bonchev–Trinajstić information content (AvgIpc) is 2.82. The number of rotatable bonds is 9. The highest BCUT2D eigenvalue weighted by molar-refractivity contribution is 5.92. The molecule has 5 heteroatoms. The molecule has 2 aromatic carbocycles. The van der Waals surface area contributed by atoms with E-state index in [1.54, 1.807) is 0 Å². The van der Waals surface area contributed by atoms with E-state index in [1.165, 1.54) is 11.1 Å². The van der Waals surface area contributed by atoms with E-state index in [4.69, 9.17) is 0 Å². The van der Waals surface area contributed by atoms with E-state index < -0.39 is 0 Å². The molecule has 0 aromatic heterocycles. The molecule has 1 heterocycles. The molecular formula is C26H35N3O2. The number of hydrogen-bond acceptors (Lipinski definition) is 3. The molecule has 3 rings (SSSR count). The van der Waals surface area contributed by atoms with Gasteiger partial charge in [0, 0.05) is 37.7 Å². The number of aryl methyl sites for hydroxylation is 1. The number of hydrogen-bond donors (Lipinski definition) is 1. The third kappa shape index (κ3) is 6.93. The number of benzene rings is 2. The van der Waals surface area contributed by atoms with Crippen molar-refractivity contribution in [3.05, 3.63) is 65.7 Å². The summed E-state index contributed by atoms with van der Waals surface area (Å²) in [6, 6.07) is 18.2. The summed E-state index contributed by atoms with van der Waals surface area (Å²) in [5.74, 6) is 0.216. The van der Waals surface area contributed by atoms with Crippen LogP contribution >= 0.6 is 0 Å². The van der Waals surface area contributed by atoms with Crippen molar-refractivity contribution in [2.45, 2.75) is 46.1 Å². The fourth-order valence-corrected chi connectivity index (χ4v) is 4.14. The molecule has 1 fully saturated rings. The monoisotopic (exact) mass is 421 g/mol. The molecule has 0 saturated carbocycles. The molecule has 5 nitrogen and oxygen atoms in total. The first-order chi connectivity index (χ1) is 15.1. The molecule has 0 radical (unpaired) electrons. The van der Waals surface area contributed by atoms with E-state index in [0.29, 0.717) is 19.5 Å². The van der Waals surface area contributed by atoms with Crippen molar-refractivity contribution < 1.29 is 9.59 Å². The maximum atomic E-state index is 12.8. The number of anilines is 1. The van der Waals surface area contributed by atoms with Crippen molar-refractivity contribution in [1.82, 2.24) is 9.80 Å². The standard InChI is InChI=1S/C26H35N3O2/c1-3-28(4-2)20-22-11-8-12-24(19-22)27-26(31)23-15-17-29(18-16-23)25(30)14-13-21-9-6-5-7-10-21/h5-12,19,23H,3-4,13-18,20H2,1-2H3,(H,27,31). The van der Waals surface area contributed by atoms with E-state index in [-0.39, 0.29) is 17.7 Å². The number of nitrogens with zero attached hydrogens (tertiary/aromatic N) is 2. The second kappa shape index (κ2) is 11.7. The number of nitrogens with one attached hydrogen (secondary N) is 1. The minimum Gasteiger partial charge on any atom is -0.343 e. The Morgan fingerprint density at radius 3 is 2.32 bits per heavy atom. The van der Waals surface area contributed by atoms with Gasteiger partial charge in [-0.1, -0.05) is 56.3 Å². The van der Waals surface area contributed by atoms with Crippen LogP contribution in [0.3, 0.4) is 0 Å². The van der Waals surface area contributed by atoms with Crippen molar-refractivity contribution in [2.24, 2.45) is 5.92 Å². The van der Waals surface area contributed by atoms with Gasteiger partial charge >= 0.3 is 0 Å². The SMILES string of the molecule is CCN(CC)Cc1cccc(NC(=O)C2CCN(C(=O)CCc3ccccc3)CC2)c1. The summed E-state index contributed by atoms with van der Waals surface area (Å²) < 4.78 is 0. The van der Waals surface area contributed by atoms with Crippen molar-refractivity contribution in [3.63, 3.8) is 0 Å². The molecule has 2 amide bonds. The van der Waals surface area contributed by atoms with Crippen molar-refractivity contribution >= 4 is 17.5 Å². The quantitative estimate of drug-likeness (QED) is 0.655. The first-order valence-corrected chi connectivity index (χ1v) is 11.5. The summed E-state index contributed by atoms with van der Waals surface area (Å²) >= 11 is 0. The van der Waals surface area contributed by atoms with E-state index in [9.17, 15) is 9.59 Å². The Kier molecular flexibility index (Phi) is 8.65. The maximum Gasteiger partial charge on any atom is 0.227 e. The van der Waals surface area contributed by atoms with Crippen molar-refractivity contribution in [2.75, 3.05) is 31.5 Å². The largest absolute Gasteiger partial charge is 0.343 e. The number of carbonyl (C=O) groups is 2. The second-order valence-corrected chi connectivity index (χ2v) is 8.29. The number of piperidine rings is 1. The molecule has 0 aliphatic carbocycles. The Morgan fingerprint density at radius 1 is 0.968 bits per heavy atom. The van der Waals surface area contributed by atoms with Gasteiger partial charge in [-0.2, -0.15) is 0 Å². The highest BCUT2D eigenvalue weighted by Crippen LogP contribution is 2.21. The Bertz CT molecular complexity index is 841. The third-order valence-corrected chi connectivity index (χ3v) is 6.18. The molecule has 0 unspecified atom stereocenters. The summed E-state index contributed by atoms with van der Waals surface area (Å²) in [5, 5.41) is 3.09. The summed E-state index contributed by atoms with van der Waals surface area (Å²) in [6.45, 7) is 8.55. The predicted molar refractivity (Wildman–Crippen MR) is 126 cm³/mol. The topological polar surface area (TPSA) is 52.7 Å². The highest BCUT2D eigenvalue weighted by Gasteiger charge is 2.27. The fraction of sp³-hybridized carbons (Fsp3) is 0.462. The van der Waals surface area contributed by atoms with Crippen LogP contribution in [-0.2, 0) is 22.6 Å². The second-order valence-electron chi connectivity index (χ2n) is 8.29. The molecular weight excluding hydrogens is 386 g/mol. The van der Waals surface area contributed by atoms with E-state index in [2.05, 4.69) is 48.3 Å². The lowest BCUT2D eigenvalue weighted by atomic mass is 9.95. The first kappa shape index (κ1) is 23.0. The van der Waals surface area contributed by atoms with Crippen LogP contribution in [0.1, 0.15) is 44.2 Å². The van der Waals surface area contributed by atoms with Gasteiger partial charge in [0.25, 0.3) is 0 Å². The zero-order chi connectivity index (χ0) is 22.1. The lowest BCUT2D eigenvalue weighted by Crippen LogP contribution is -2.41. The molecule has 2 aromatic rings. The van der Waals surface area contributed by atoms with Crippen LogP contribution in [-0.4, -0.2) is 47.8 Å². The predicted octanol–water partition coefficient (Wildman–Crippen LogP) is 4.34. The molecule has 0 bridgehead atoms. The van der Waals surface area contributed by atoms with Gasteiger partial charge in [0.05, 0.1) is 0 Å². The van der Waals surface area contributed by atoms with Gasteiger partial charge in [-0.05, 0) is 55.6 Å². The van der Waals surface area contributed by atoms with Crippen molar-refractivity contribution in [1.29, 1.82) is 0 Å². The number of amides is 2. The van der Waals surface area contributed by atoms with Gasteiger partial charge in [-0.15, -0.1) is 0 Å². The Hall–Kier alpha value is -2.66. The molecule has 1 saturated heterocycles. The van der Waals surface area contributed by atoms with E-state index in [0.717, 1.165) is 44.6 Å². The Morgan fingerprint density at radius 2 is 1.65 bits per heavy atom. The van der Waals surface area contributed by atoms with Crippen LogP contribution in [0.2, 0.25) is 0 Å². The maximum absolute atomic E-state index is 12.8. The van der Waals surface area contributed by atoms with E-state index in [1.807, 2.05) is 35.2 Å². The zero-order valence-corrected chi connectivity index (χ0v) is 18.8. The Labute approximate surface area is 186 Å². The molecule has 31 heavy (non-hydrogen) atoms. The minimum absolute atomic E-state index is 0.0374. The van der Waals surface area contributed by atoms with Gasteiger partial charge in [0.2, 0.25) is 11.8 Å². The molecule has 166 valence electrons. The number of likely N-dealkylation sites (tertiary alicyclic amines) is 1. The van der Waals surface area contributed by atoms with Crippen LogP contribution < -0.4 is 5.32 Å². The van der Waals surface area contributed by atoms with Gasteiger partial charge < -0.3 is 10.2 Å². The summed E-state index contributed by atoms with van der Waals surface area (Å²) in [7, 11) is 0. The molecule has 0 spiro atoms. The van der Waals surface area contributed by atoms with Gasteiger partial charge in [0.1, 0.15) is 0 Å². The molecule has 1 aliphatic heterocycles. The minimum atomic E-state index is -0.0374. The summed E-state index contributed by atoms with van der Waals surface area (Å²) in [6.07, 6.45) is 2.74. The number of carbonyl (C=O) groups excluding carboxylic acids is 2. The fourth-order valence-electron chi connectivity index (χ4n) is 4.14. The molecule has 1 aliphatic rings. The van der Waals surface area contributed by atoms with Crippen LogP contribution in [0.15, 0.2) is 54.6 Å². The normalized spacial score (nSPS) is 14.6.